The Morgan fingerprint density at radius 1 is 1.10 bits per heavy atom. The minimum absolute atomic E-state index is 0.0659. The SMILES string of the molecule is CC(=O)[C@]1(n2c(=O)c(-c3ccccc3C)cc3cnc(NC4CCN(C(=O)NN5CCOCC5)CC4)nc32)CCNC1. The van der Waals surface area contributed by atoms with Crippen LogP contribution in [0.25, 0.3) is 22.2 Å². The van der Waals surface area contributed by atoms with Crippen LogP contribution in [0.15, 0.2) is 41.3 Å². The summed E-state index contributed by atoms with van der Waals surface area (Å²) in [6, 6.07) is 9.57. The van der Waals surface area contributed by atoms with Crippen molar-refractivity contribution in [1.29, 1.82) is 0 Å². The number of carbonyl (C=O) groups is 2. The highest BCUT2D eigenvalue weighted by Crippen LogP contribution is 2.31. The third-order valence-corrected chi connectivity index (χ3v) is 8.77. The standard InChI is InChI=1S/C30H38N8O4/c1-20-5-3-4-6-24(20)25-17-22-18-32-28(34-26(22)38(27(25)40)30(21(2)39)9-10-31-19-30)33-23-7-11-36(12-8-23)29(41)35-37-13-15-42-16-14-37/h3-6,17-18,23,31H,7-16,19H2,1-2H3,(H,35,41)(H,32,33,34)/t30-/m0/s1. The highest BCUT2D eigenvalue weighted by Gasteiger charge is 2.43. The predicted octanol–water partition coefficient (Wildman–Crippen LogP) is 1.88. The van der Waals surface area contributed by atoms with Crippen LogP contribution in [0.2, 0.25) is 0 Å². The summed E-state index contributed by atoms with van der Waals surface area (Å²) in [5.74, 6) is 0.328. The number of fused-ring (bicyclic) bond motifs is 1. The molecule has 12 heteroatoms. The number of Topliss-reactive ketones (excluding diaryl/α,β-unsaturated/α-hetero) is 1. The van der Waals surface area contributed by atoms with Gasteiger partial charge in [-0.2, -0.15) is 4.98 Å². The van der Waals surface area contributed by atoms with Gasteiger partial charge < -0.3 is 20.3 Å². The van der Waals surface area contributed by atoms with Crippen molar-refractivity contribution < 1.29 is 14.3 Å². The average molecular weight is 575 g/mol. The Kier molecular flexibility index (Phi) is 7.93. The molecule has 42 heavy (non-hydrogen) atoms. The summed E-state index contributed by atoms with van der Waals surface area (Å²) in [5.41, 5.74) is 4.48. The number of aromatic nitrogens is 3. The highest BCUT2D eigenvalue weighted by molar-refractivity contribution is 5.89. The van der Waals surface area contributed by atoms with Gasteiger partial charge >= 0.3 is 6.03 Å². The van der Waals surface area contributed by atoms with Gasteiger partial charge in [-0.1, -0.05) is 24.3 Å². The van der Waals surface area contributed by atoms with Crippen LogP contribution in [0.1, 0.15) is 31.7 Å². The number of piperidine rings is 1. The molecule has 1 aromatic carbocycles. The molecule has 3 fully saturated rings. The molecule has 2 aromatic heterocycles. The minimum Gasteiger partial charge on any atom is -0.379 e. The summed E-state index contributed by atoms with van der Waals surface area (Å²) in [6.45, 7) is 8.32. The molecule has 222 valence electrons. The molecule has 0 bridgehead atoms. The number of pyridine rings is 1. The third kappa shape index (κ3) is 5.37. The van der Waals surface area contributed by atoms with Crippen LogP contribution in [0.4, 0.5) is 10.7 Å². The second-order valence-corrected chi connectivity index (χ2v) is 11.4. The number of benzene rings is 1. The van der Waals surface area contributed by atoms with Gasteiger partial charge in [0.25, 0.3) is 5.56 Å². The Bertz CT molecular complexity index is 1540. The van der Waals surface area contributed by atoms with E-state index in [2.05, 4.69) is 21.0 Å². The number of nitrogens with zero attached hydrogens (tertiary/aromatic N) is 5. The van der Waals surface area contributed by atoms with Gasteiger partial charge in [-0.25, -0.2) is 14.8 Å². The minimum atomic E-state index is -1.03. The summed E-state index contributed by atoms with van der Waals surface area (Å²) in [6.07, 6.45) is 3.70. The van der Waals surface area contributed by atoms with E-state index in [1.54, 1.807) is 17.7 Å². The maximum atomic E-state index is 14.2. The molecular formula is C30H38N8O4. The summed E-state index contributed by atoms with van der Waals surface area (Å²) in [4.78, 5) is 51.4. The summed E-state index contributed by atoms with van der Waals surface area (Å²) in [7, 11) is 0. The van der Waals surface area contributed by atoms with E-state index < -0.39 is 5.54 Å². The lowest BCUT2D eigenvalue weighted by Gasteiger charge is -2.35. The first-order chi connectivity index (χ1) is 20.4. The summed E-state index contributed by atoms with van der Waals surface area (Å²) >= 11 is 0. The molecule has 0 saturated carbocycles. The molecule has 1 atom stereocenters. The summed E-state index contributed by atoms with van der Waals surface area (Å²) in [5, 5.41) is 9.31. The summed E-state index contributed by atoms with van der Waals surface area (Å²) < 4.78 is 6.96. The molecule has 6 rings (SSSR count). The fraction of sp³-hybridized carbons (Fsp3) is 0.500. The van der Waals surface area contributed by atoms with Gasteiger partial charge in [-0.3, -0.25) is 19.6 Å². The molecule has 3 N–H and O–H groups in total. The van der Waals surface area contributed by atoms with Crippen molar-refractivity contribution in [2.45, 2.75) is 44.7 Å². The molecule has 0 unspecified atom stereocenters. The molecule has 12 nitrogen and oxygen atoms in total. The zero-order chi connectivity index (χ0) is 29.3. The van der Waals surface area contributed by atoms with Gasteiger partial charge in [0, 0.05) is 55.9 Å². The van der Waals surface area contributed by atoms with Crippen molar-refractivity contribution in [2.24, 2.45) is 0 Å². The van der Waals surface area contributed by atoms with Gasteiger partial charge in [-0.15, -0.1) is 0 Å². The van der Waals surface area contributed by atoms with Gasteiger partial charge in [0.15, 0.2) is 5.78 Å². The lowest BCUT2D eigenvalue weighted by Crippen LogP contribution is -2.54. The van der Waals surface area contributed by atoms with E-state index in [0.717, 1.165) is 24.0 Å². The number of rotatable bonds is 6. The molecule has 2 amide bonds. The number of urea groups is 1. The lowest BCUT2D eigenvalue weighted by molar-refractivity contribution is -0.124. The first kappa shape index (κ1) is 28.3. The number of ketones is 1. The van der Waals surface area contributed by atoms with E-state index in [0.29, 0.717) is 81.4 Å². The second-order valence-electron chi connectivity index (χ2n) is 11.4. The van der Waals surface area contributed by atoms with Crippen molar-refractivity contribution in [2.75, 3.05) is 57.8 Å². The third-order valence-electron chi connectivity index (χ3n) is 8.77. The zero-order valence-electron chi connectivity index (χ0n) is 24.2. The van der Waals surface area contributed by atoms with Crippen LogP contribution >= 0.6 is 0 Å². The van der Waals surface area contributed by atoms with Crippen molar-refractivity contribution in [3.05, 3.63) is 52.4 Å². The van der Waals surface area contributed by atoms with Gasteiger partial charge in [0.1, 0.15) is 11.2 Å². The number of carbonyl (C=O) groups excluding carboxylic acids is 2. The van der Waals surface area contributed by atoms with Gasteiger partial charge in [-0.05, 0) is 56.8 Å². The number of amides is 2. The van der Waals surface area contributed by atoms with E-state index >= 15 is 0 Å². The molecule has 0 radical (unpaired) electrons. The van der Waals surface area contributed by atoms with Gasteiger partial charge in [0.05, 0.1) is 13.2 Å². The Morgan fingerprint density at radius 3 is 2.55 bits per heavy atom. The van der Waals surface area contributed by atoms with Crippen LogP contribution in [0.5, 0.6) is 0 Å². The molecule has 3 aliphatic heterocycles. The quantitative estimate of drug-likeness (QED) is 0.404. The maximum Gasteiger partial charge on any atom is 0.331 e. The first-order valence-corrected chi connectivity index (χ1v) is 14.7. The normalized spacial score (nSPS) is 21.9. The average Bonchev–Trinajstić information content (AvgIpc) is 3.49. The zero-order valence-corrected chi connectivity index (χ0v) is 24.2. The van der Waals surface area contributed by atoms with Crippen LogP contribution in [0.3, 0.4) is 0 Å². The number of hydrogen-bond acceptors (Lipinski definition) is 9. The topological polar surface area (TPSA) is 134 Å². The van der Waals surface area contributed by atoms with Gasteiger partial charge in [0.2, 0.25) is 5.95 Å². The van der Waals surface area contributed by atoms with Crippen LogP contribution in [-0.4, -0.2) is 94.8 Å². The Hall–Kier alpha value is -3.87. The van der Waals surface area contributed by atoms with E-state index in [-0.39, 0.29) is 23.4 Å². The Morgan fingerprint density at radius 2 is 1.86 bits per heavy atom. The highest BCUT2D eigenvalue weighted by atomic mass is 16.5. The predicted molar refractivity (Wildman–Crippen MR) is 159 cm³/mol. The van der Waals surface area contributed by atoms with Crippen LogP contribution in [0, 0.1) is 6.92 Å². The van der Waals surface area contributed by atoms with E-state index in [4.69, 9.17) is 9.72 Å². The Balaban J connectivity index is 1.28. The van der Waals surface area contributed by atoms with Crippen molar-refractivity contribution >= 4 is 28.8 Å². The molecule has 5 heterocycles. The molecule has 3 aliphatic rings. The number of nitrogens with one attached hydrogen (secondary N) is 3. The van der Waals surface area contributed by atoms with Crippen molar-refractivity contribution in [1.82, 2.24) is 35.2 Å². The first-order valence-electron chi connectivity index (χ1n) is 14.7. The number of likely N-dealkylation sites (tertiary alicyclic amines) is 1. The fourth-order valence-electron chi connectivity index (χ4n) is 6.25. The molecule has 3 saturated heterocycles. The number of hydrazine groups is 1. The molecule has 0 aliphatic carbocycles. The number of morpholine rings is 1. The number of ether oxygens (including phenoxy) is 1. The van der Waals surface area contributed by atoms with E-state index in [1.165, 1.54) is 0 Å². The van der Waals surface area contributed by atoms with E-state index in [1.807, 2.05) is 47.2 Å². The van der Waals surface area contributed by atoms with Crippen molar-refractivity contribution in [3.8, 4) is 11.1 Å². The smallest absolute Gasteiger partial charge is 0.331 e. The molecule has 0 spiro atoms. The number of hydrogen-bond donors (Lipinski definition) is 3. The van der Waals surface area contributed by atoms with Crippen LogP contribution in [-0.2, 0) is 15.1 Å². The second kappa shape index (κ2) is 11.8. The number of anilines is 1. The van der Waals surface area contributed by atoms with Crippen LogP contribution < -0.4 is 21.6 Å². The Labute approximate surface area is 244 Å². The lowest BCUT2D eigenvalue weighted by atomic mass is 9.91. The maximum absolute atomic E-state index is 14.2. The van der Waals surface area contributed by atoms with E-state index in [9.17, 15) is 14.4 Å². The molecular weight excluding hydrogens is 536 g/mol. The number of aryl methyl sites for hydroxylation is 1. The fourth-order valence-corrected chi connectivity index (χ4v) is 6.25. The van der Waals surface area contributed by atoms with Crippen molar-refractivity contribution in [3.63, 3.8) is 0 Å². The molecule has 3 aromatic rings. The largest absolute Gasteiger partial charge is 0.379 e. The monoisotopic (exact) mass is 574 g/mol.